The molecule has 2 unspecified atom stereocenters. The van der Waals surface area contributed by atoms with E-state index in [4.69, 9.17) is 0 Å². The van der Waals surface area contributed by atoms with Crippen molar-refractivity contribution in [3.8, 4) is 0 Å². The molecule has 12 heteroatoms. The monoisotopic (exact) mass is 478 g/mol. The standard InChI is InChI=1S/C22H25F3N6O3/c1-3-18(32)28-16-9-4-5-10-17(16)29-19-15(22(23,24)25)12-26-21(30-19)27-14-8-6-7-13(11-14)20(33)31-34-2/h3-5,9-10,12-14H,1,6-8,11H2,2H3,(H,28,32)(H,31,33)(H2,26,27,29,30). The number of hydroxylamine groups is 1. The first kappa shape index (κ1) is 25.0. The van der Waals surface area contributed by atoms with Crippen molar-refractivity contribution in [2.75, 3.05) is 23.1 Å². The van der Waals surface area contributed by atoms with Crippen LogP contribution < -0.4 is 21.4 Å². The summed E-state index contributed by atoms with van der Waals surface area (Å²) in [5.74, 6) is -1.54. The fourth-order valence-electron chi connectivity index (χ4n) is 3.69. The minimum absolute atomic E-state index is 0.0130. The van der Waals surface area contributed by atoms with E-state index in [9.17, 15) is 22.8 Å². The second kappa shape index (κ2) is 11.0. The van der Waals surface area contributed by atoms with Gasteiger partial charge in [-0.1, -0.05) is 25.1 Å². The second-order valence-corrected chi connectivity index (χ2v) is 7.69. The van der Waals surface area contributed by atoms with Crippen molar-refractivity contribution in [3.63, 3.8) is 0 Å². The summed E-state index contributed by atoms with van der Waals surface area (Å²) in [7, 11) is 1.35. The van der Waals surface area contributed by atoms with Crippen LogP contribution >= 0.6 is 0 Å². The summed E-state index contributed by atoms with van der Waals surface area (Å²) in [6.45, 7) is 3.37. The van der Waals surface area contributed by atoms with Crippen molar-refractivity contribution in [3.05, 3.63) is 48.7 Å². The van der Waals surface area contributed by atoms with Gasteiger partial charge in [-0.05, 0) is 37.5 Å². The Morgan fingerprint density at radius 1 is 1.21 bits per heavy atom. The van der Waals surface area contributed by atoms with Crippen LogP contribution in [0, 0.1) is 5.92 Å². The zero-order valence-corrected chi connectivity index (χ0v) is 18.4. The molecule has 0 spiro atoms. The van der Waals surface area contributed by atoms with Crippen LogP contribution in [0.2, 0.25) is 0 Å². The molecule has 2 amide bonds. The molecule has 2 atom stereocenters. The molecular formula is C22H25F3N6O3. The highest BCUT2D eigenvalue weighted by Gasteiger charge is 2.36. The van der Waals surface area contributed by atoms with Crippen LogP contribution in [-0.2, 0) is 20.6 Å². The molecule has 0 radical (unpaired) electrons. The van der Waals surface area contributed by atoms with Crippen LogP contribution in [0.5, 0.6) is 0 Å². The maximum atomic E-state index is 13.6. The molecule has 0 bridgehead atoms. The predicted octanol–water partition coefficient (Wildman–Crippen LogP) is 4.01. The number of hydrogen-bond acceptors (Lipinski definition) is 7. The van der Waals surface area contributed by atoms with Gasteiger partial charge in [0.2, 0.25) is 17.8 Å². The third-order valence-electron chi connectivity index (χ3n) is 5.30. The van der Waals surface area contributed by atoms with E-state index in [2.05, 4.69) is 42.8 Å². The van der Waals surface area contributed by atoms with Gasteiger partial charge in [0, 0.05) is 18.2 Å². The summed E-state index contributed by atoms with van der Waals surface area (Å²) in [4.78, 5) is 36.3. The molecule has 0 saturated heterocycles. The molecule has 1 aliphatic carbocycles. The Labute approximate surface area is 194 Å². The zero-order valence-electron chi connectivity index (χ0n) is 18.4. The van der Waals surface area contributed by atoms with Gasteiger partial charge in [-0.3, -0.25) is 14.4 Å². The molecule has 4 N–H and O–H groups in total. The molecule has 182 valence electrons. The molecule has 3 rings (SSSR count). The van der Waals surface area contributed by atoms with Crippen LogP contribution in [0.4, 0.5) is 36.3 Å². The van der Waals surface area contributed by atoms with Crippen molar-refractivity contribution < 1.29 is 27.6 Å². The van der Waals surface area contributed by atoms with E-state index in [-0.39, 0.29) is 35.2 Å². The number of rotatable bonds is 8. The summed E-state index contributed by atoms with van der Waals surface area (Å²) < 4.78 is 40.9. The number of para-hydroxylation sites is 2. The molecule has 2 aromatic rings. The lowest BCUT2D eigenvalue weighted by Crippen LogP contribution is -2.37. The highest BCUT2D eigenvalue weighted by atomic mass is 19.4. The molecule has 1 aromatic carbocycles. The van der Waals surface area contributed by atoms with E-state index in [1.54, 1.807) is 12.1 Å². The van der Waals surface area contributed by atoms with Gasteiger partial charge in [0.25, 0.3) is 0 Å². The Morgan fingerprint density at radius 3 is 2.62 bits per heavy atom. The van der Waals surface area contributed by atoms with Gasteiger partial charge in [0.1, 0.15) is 11.4 Å². The quantitative estimate of drug-likeness (QED) is 0.335. The highest BCUT2D eigenvalue weighted by molar-refractivity contribution is 6.01. The topological polar surface area (TPSA) is 117 Å². The van der Waals surface area contributed by atoms with Gasteiger partial charge < -0.3 is 16.0 Å². The SMILES string of the molecule is C=CC(=O)Nc1ccccc1Nc1nc(NC2CCCC(C(=O)NOC)C2)ncc1C(F)(F)F. The number of aromatic nitrogens is 2. The van der Waals surface area contributed by atoms with Crippen LogP contribution in [-0.4, -0.2) is 34.9 Å². The van der Waals surface area contributed by atoms with Crippen molar-refractivity contribution in [2.45, 2.75) is 37.9 Å². The molecule has 1 fully saturated rings. The van der Waals surface area contributed by atoms with Crippen LogP contribution in [0.3, 0.4) is 0 Å². The third kappa shape index (κ3) is 6.44. The first-order valence-corrected chi connectivity index (χ1v) is 10.5. The highest BCUT2D eigenvalue weighted by Crippen LogP contribution is 2.36. The first-order valence-electron chi connectivity index (χ1n) is 10.5. The molecule has 0 aliphatic heterocycles. The summed E-state index contributed by atoms with van der Waals surface area (Å²) in [6.07, 6.45) is -0.369. The van der Waals surface area contributed by atoms with E-state index in [1.165, 1.54) is 19.2 Å². The number of carbonyl (C=O) groups excluding carboxylic acids is 2. The number of carbonyl (C=O) groups is 2. The minimum atomic E-state index is -4.71. The summed E-state index contributed by atoms with van der Waals surface area (Å²) in [5, 5.41) is 8.23. The Bertz CT molecular complexity index is 1050. The van der Waals surface area contributed by atoms with Crippen LogP contribution in [0.15, 0.2) is 43.1 Å². The van der Waals surface area contributed by atoms with Gasteiger partial charge in [0.15, 0.2) is 0 Å². The lowest BCUT2D eigenvalue weighted by molar-refractivity contribution is -0.137. The smallest absolute Gasteiger partial charge is 0.351 e. The lowest BCUT2D eigenvalue weighted by atomic mass is 9.85. The number of benzene rings is 1. The first-order chi connectivity index (χ1) is 16.2. The third-order valence-corrected chi connectivity index (χ3v) is 5.30. The van der Waals surface area contributed by atoms with E-state index in [0.29, 0.717) is 25.5 Å². The predicted molar refractivity (Wildman–Crippen MR) is 120 cm³/mol. The average Bonchev–Trinajstić information content (AvgIpc) is 2.80. The van der Waals surface area contributed by atoms with Crippen molar-refractivity contribution in [1.82, 2.24) is 15.4 Å². The van der Waals surface area contributed by atoms with Crippen molar-refractivity contribution in [1.29, 1.82) is 0 Å². The molecule has 9 nitrogen and oxygen atoms in total. The normalized spacial score (nSPS) is 18.0. The Balaban J connectivity index is 1.85. The van der Waals surface area contributed by atoms with Crippen molar-refractivity contribution in [2.24, 2.45) is 5.92 Å². The number of nitrogens with zero attached hydrogens (tertiary/aromatic N) is 2. The Morgan fingerprint density at radius 2 is 1.94 bits per heavy atom. The van der Waals surface area contributed by atoms with E-state index in [1.807, 2.05) is 0 Å². The number of hydrogen-bond donors (Lipinski definition) is 4. The maximum absolute atomic E-state index is 13.6. The summed E-state index contributed by atoms with van der Waals surface area (Å²) in [6, 6.07) is 6.07. The largest absolute Gasteiger partial charge is 0.421 e. The fraction of sp³-hybridized carbons (Fsp3) is 0.364. The number of halogens is 3. The number of alkyl halides is 3. The number of anilines is 4. The van der Waals surface area contributed by atoms with Crippen LogP contribution in [0.1, 0.15) is 31.2 Å². The molecule has 34 heavy (non-hydrogen) atoms. The van der Waals surface area contributed by atoms with E-state index >= 15 is 0 Å². The van der Waals surface area contributed by atoms with Gasteiger partial charge in [0.05, 0.1) is 18.5 Å². The Hall–Kier alpha value is -3.67. The lowest BCUT2D eigenvalue weighted by Gasteiger charge is -2.29. The van der Waals surface area contributed by atoms with Gasteiger partial charge in [-0.15, -0.1) is 0 Å². The minimum Gasteiger partial charge on any atom is -0.351 e. The molecule has 1 saturated carbocycles. The molecule has 1 aromatic heterocycles. The van der Waals surface area contributed by atoms with Gasteiger partial charge >= 0.3 is 6.18 Å². The zero-order chi connectivity index (χ0) is 24.7. The molecule has 1 aliphatic rings. The van der Waals surface area contributed by atoms with Gasteiger partial charge in [-0.25, -0.2) is 10.5 Å². The summed E-state index contributed by atoms with van der Waals surface area (Å²) in [5.41, 5.74) is 1.72. The average molecular weight is 478 g/mol. The number of amides is 2. The van der Waals surface area contributed by atoms with E-state index in [0.717, 1.165) is 12.5 Å². The van der Waals surface area contributed by atoms with E-state index < -0.39 is 23.5 Å². The van der Waals surface area contributed by atoms with Gasteiger partial charge in [-0.2, -0.15) is 18.2 Å². The Kier molecular flexibility index (Phi) is 8.05. The molecular weight excluding hydrogens is 453 g/mol. The maximum Gasteiger partial charge on any atom is 0.421 e. The summed E-state index contributed by atoms with van der Waals surface area (Å²) >= 11 is 0. The second-order valence-electron chi connectivity index (χ2n) is 7.69. The molecule has 1 heterocycles. The fourth-order valence-corrected chi connectivity index (χ4v) is 3.69. The van der Waals surface area contributed by atoms with Crippen molar-refractivity contribution >= 4 is 35.0 Å². The van der Waals surface area contributed by atoms with Crippen LogP contribution in [0.25, 0.3) is 0 Å². The number of nitrogens with one attached hydrogen (secondary N) is 4.